The normalized spacial score (nSPS) is 17.8. The van der Waals surface area contributed by atoms with Gasteiger partial charge in [-0.05, 0) is 61.4 Å². The van der Waals surface area contributed by atoms with Crippen LogP contribution >= 0.6 is 0 Å². The number of nitrogens with zero attached hydrogens (tertiary/aromatic N) is 4. The zero-order valence-corrected chi connectivity index (χ0v) is 23.9. The Bertz CT molecular complexity index is 1780. The number of aromatic amines is 1. The lowest BCUT2D eigenvalue weighted by Gasteiger charge is -2.44. The van der Waals surface area contributed by atoms with E-state index in [0.717, 1.165) is 64.1 Å². The summed E-state index contributed by atoms with van der Waals surface area (Å²) in [5, 5.41) is 1.92. The molecule has 0 bridgehead atoms. The Balaban J connectivity index is 1.13. The lowest BCUT2D eigenvalue weighted by Crippen LogP contribution is -2.58. The molecule has 4 heterocycles. The molecule has 1 aliphatic heterocycles. The summed E-state index contributed by atoms with van der Waals surface area (Å²) in [5.74, 6) is 0.989. The number of fused-ring (bicyclic) bond motifs is 2. The first-order chi connectivity index (χ1) is 19.8. The van der Waals surface area contributed by atoms with Crippen LogP contribution in [0.5, 0.6) is 5.75 Å². The Hall–Kier alpha value is -4.43. The molecule has 1 aliphatic rings. The fourth-order valence-corrected chi connectivity index (χ4v) is 6.00. The Morgan fingerprint density at radius 3 is 2.46 bits per heavy atom. The summed E-state index contributed by atoms with van der Waals surface area (Å²) in [6.45, 7) is 8.94. The predicted octanol–water partition coefficient (Wildman–Crippen LogP) is 5.07. The predicted molar refractivity (Wildman–Crippen MR) is 163 cm³/mol. The second-order valence-electron chi connectivity index (χ2n) is 11.1. The van der Waals surface area contributed by atoms with Crippen LogP contribution in [0.2, 0.25) is 0 Å². The lowest BCUT2D eigenvalue weighted by atomic mass is 10.0. The van der Waals surface area contributed by atoms with Crippen LogP contribution in [-0.2, 0) is 11.8 Å². The number of rotatable bonds is 6. The Kier molecular flexibility index (Phi) is 7.09. The molecule has 1 fully saturated rings. The highest BCUT2D eigenvalue weighted by Crippen LogP contribution is 2.30. The Labute approximate surface area is 239 Å². The Morgan fingerprint density at radius 1 is 1.00 bits per heavy atom. The van der Waals surface area contributed by atoms with Gasteiger partial charge in [0.1, 0.15) is 17.9 Å². The van der Waals surface area contributed by atoms with Crippen LogP contribution in [0.25, 0.3) is 44.2 Å². The van der Waals surface area contributed by atoms with Gasteiger partial charge >= 0.3 is 0 Å². The number of amides is 1. The van der Waals surface area contributed by atoms with Crippen LogP contribution in [0.3, 0.4) is 0 Å². The monoisotopic (exact) mass is 549 g/mol. The number of hydrogen-bond donors (Lipinski definition) is 1. The zero-order valence-electron chi connectivity index (χ0n) is 23.9. The van der Waals surface area contributed by atoms with Crippen molar-refractivity contribution in [2.45, 2.75) is 32.9 Å². The zero-order chi connectivity index (χ0) is 28.7. The van der Waals surface area contributed by atoms with Crippen LogP contribution in [0.1, 0.15) is 20.8 Å². The van der Waals surface area contributed by atoms with Gasteiger partial charge in [-0.1, -0.05) is 24.3 Å². The van der Waals surface area contributed by atoms with E-state index in [9.17, 15) is 9.59 Å². The van der Waals surface area contributed by atoms with Crippen molar-refractivity contribution in [2.24, 2.45) is 7.05 Å². The molecule has 6 rings (SSSR count). The number of carbonyl (C=O) groups is 1. The third-order valence-corrected chi connectivity index (χ3v) is 8.21. The molecule has 2 unspecified atom stereocenters. The van der Waals surface area contributed by atoms with Gasteiger partial charge in [0.25, 0.3) is 5.56 Å². The molecule has 8 nitrogen and oxygen atoms in total. The molecule has 8 heteroatoms. The van der Waals surface area contributed by atoms with Crippen molar-refractivity contribution in [3.8, 4) is 28.1 Å². The molecule has 210 valence electrons. The quantitative estimate of drug-likeness (QED) is 0.320. The fourth-order valence-electron chi connectivity index (χ4n) is 6.00. The maximum atomic E-state index is 12.4. The molecule has 0 spiro atoms. The van der Waals surface area contributed by atoms with Crippen LogP contribution in [0, 0.1) is 0 Å². The summed E-state index contributed by atoms with van der Waals surface area (Å²) in [6.07, 6.45) is 3.64. The third-order valence-electron chi connectivity index (χ3n) is 8.21. The van der Waals surface area contributed by atoms with Gasteiger partial charge in [0, 0.05) is 74.4 Å². The summed E-state index contributed by atoms with van der Waals surface area (Å²) in [5.41, 5.74) is 5.41. The summed E-state index contributed by atoms with van der Waals surface area (Å²) < 4.78 is 7.67. The largest absolute Gasteiger partial charge is 0.492 e. The smallest absolute Gasteiger partial charge is 0.274 e. The van der Waals surface area contributed by atoms with Gasteiger partial charge in [-0.2, -0.15) is 0 Å². The van der Waals surface area contributed by atoms with Crippen LogP contribution in [0.15, 0.2) is 77.9 Å². The van der Waals surface area contributed by atoms with E-state index < -0.39 is 0 Å². The number of aryl methyl sites for hydroxylation is 1. The van der Waals surface area contributed by atoms with Gasteiger partial charge in [-0.15, -0.1) is 0 Å². The van der Waals surface area contributed by atoms with Crippen molar-refractivity contribution < 1.29 is 9.53 Å². The highest BCUT2D eigenvalue weighted by Gasteiger charge is 2.30. The average Bonchev–Trinajstić information content (AvgIpc) is 3.46. The topological polar surface area (TPSA) is 83.5 Å². The van der Waals surface area contributed by atoms with Crippen molar-refractivity contribution in [3.63, 3.8) is 0 Å². The van der Waals surface area contributed by atoms with Gasteiger partial charge in [-0.25, -0.2) is 4.98 Å². The summed E-state index contributed by atoms with van der Waals surface area (Å²) in [4.78, 5) is 36.5. The van der Waals surface area contributed by atoms with Gasteiger partial charge < -0.3 is 19.2 Å². The van der Waals surface area contributed by atoms with E-state index in [1.54, 1.807) is 24.7 Å². The maximum Gasteiger partial charge on any atom is 0.274 e. The number of piperazine rings is 1. The van der Waals surface area contributed by atoms with Crippen molar-refractivity contribution in [1.82, 2.24) is 24.3 Å². The molecule has 3 aromatic heterocycles. The van der Waals surface area contributed by atoms with Crippen LogP contribution < -0.4 is 10.3 Å². The maximum absolute atomic E-state index is 12.4. The van der Waals surface area contributed by atoms with E-state index in [1.165, 1.54) is 0 Å². The van der Waals surface area contributed by atoms with Gasteiger partial charge in [0.15, 0.2) is 0 Å². The molecule has 2 atom stereocenters. The lowest BCUT2D eigenvalue weighted by molar-refractivity contribution is -0.133. The van der Waals surface area contributed by atoms with Crippen LogP contribution in [-0.4, -0.2) is 68.6 Å². The van der Waals surface area contributed by atoms with Gasteiger partial charge in [0.05, 0.1) is 11.2 Å². The SMILES string of the molecule is CC(=O)N1CC(C)N(CCOc2ccc(-c3ccc4nc(-c5cn(C)c(=O)c6[nH]ccc56)ccc4c3)cc2)C(C)C1. The van der Waals surface area contributed by atoms with E-state index in [1.807, 2.05) is 41.4 Å². The van der Waals surface area contributed by atoms with Crippen molar-refractivity contribution in [1.29, 1.82) is 0 Å². The molecule has 1 amide bonds. The van der Waals surface area contributed by atoms with E-state index in [2.05, 4.69) is 54.1 Å². The summed E-state index contributed by atoms with van der Waals surface area (Å²) in [7, 11) is 1.76. The first kappa shape index (κ1) is 26.8. The number of H-pyrrole nitrogens is 1. The third kappa shape index (κ3) is 5.23. The molecule has 1 saturated heterocycles. The summed E-state index contributed by atoms with van der Waals surface area (Å²) >= 11 is 0. The first-order valence-corrected chi connectivity index (χ1v) is 14.1. The van der Waals surface area contributed by atoms with E-state index >= 15 is 0 Å². The van der Waals surface area contributed by atoms with E-state index in [4.69, 9.17) is 9.72 Å². The number of aromatic nitrogens is 3. The molecule has 2 aromatic carbocycles. The van der Waals surface area contributed by atoms with E-state index in [0.29, 0.717) is 24.2 Å². The van der Waals surface area contributed by atoms with Crippen molar-refractivity contribution >= 4 is 27.7 Å². The highest BCUT2D eigenvalue weighted by atomic mass is 16.5. The van der Waals surface area contributed by atoms with Gasteiger partial charge in [0.2, 0.25) is 5.91 Å². The number of ether oxygens (including phenoxy) is 1. The fraction of sp³-hybridized carbons (Fsp3) is 0.303. The molecular formula is C33H35N5O3. The number of nitrogens with one attached hydrogen (secondary N) is 1. The molecule has 0 radical (unpaired) electrons. The number of carbonyl (C=O) groups excluding carboxylic acids is 1. The second kappa shape index (κ2) is 10.9. The van der Waals surface area contributed by atoms with Crippen molar-refractivity contribution in [3.05, 3.63) is 83.4 Å². The standard InChI is InChI=1S/C33H35N5O3/c1-21-18-37(23(3)39)19-22(2)38(21)15-16-41-27-9-5-24(6-10-27)25-7-11-30-26(17-25)8-12-31(35-30)29-20-36(4)33(40)32-28(29)13-14-34-32/h5-14,17,20-22,34H,15-16,18-19H2,1-4H3. The molecule has 5 aromatic rings. The number of pyridine rings is 2. The average molecular weight is 550 g/mol. The van der Waals surface area contributed by atoms with Crippen LogP contribution in [0.4, 0.5) is 0 Å². The first-order valence-electron chi connectivity index (χ1n) is 14.1. The minimum atomic E-state index is -0.0518. The molecule has 1 N–H and O–H groups in total. The minimum Gasteiger partial charge on any atom is -0.492 e. The molecule has 0 saturated carbocycles. The molecule has 0 aliphatic carbocycles. The van der Waals surface area contributed by atoms with Crippen molar-refractivity contribution in [2.75, 3.05) is 26.2 Å². The summed E-state index contributed by atoms with van der Waals surface area (Å²) in [6, 6.07) is 21.1. The molecule has 41 heavy (non-hydrogen) atoms. The number of hydrogen-bond acceptors (Lipinski definition) is 5. The second-order valence-corrected chi connectivity index (χ2v) is 11.1. The number of benzene rings is 2. The van der Waals surface area contributed by atoms with E-state index in [-0.39, 0.29) is 11.5 Å². The Morgan fingerprint density at radius 2 is 1.73 bits per heavy atom. The minimum absolute atomic E-state index is 0.0518. The van der Waals surface area contributed by atoms with Gasteiger partial charge in [-0.3, -0.25) is 14.5 Å². The molecular weight excluding hydrogens is 514 g/mol. The highest BCUT2D eigenvalue weighted by molar-refractivity contribution is 5.95.